The number of fused-ring (bicyclic) bond motifs is 2. The van der Waals surface area contributed by atoms with Crippen LogP contribution in [0.1, 0.15) is 27.7 Å². The van der Waals surface area contributed by atoms with E-state index in [-0.39, 0.29) is 16.8 Å². The fourth-order valence-corrected chi connectivity index (χ4v) is 4.27. The maximum atomic E-state index is 13.4. The number of carbonyl (C=O) groups excluding carboxylic acids is 1. The second-order valence-corrected chi connectivity index (χ2v) is 7.63. The van der Waals surface area contributed by atoms with E-state index >= 15 is 0 Å². The van der Waals surface area contributed by atoms with Gasteiger partial charge in [0.15, 0.2) is 5.43 Å². The first-order chi connectivity index (χ1) is 14.1. The van der Waals surface area contributed by atoms with Crippen LogP contribution in [-0.4, -0.2) is 23.2 Å². The predicted molar refractivity (Wildman–Crippen MR) is 109 cm³/mol. The van der Waals surface area contributed by atoms with Crippen molar-refractivity contribution in [2.24, 2.45) is 0 Å². The number of hydrogen-bond acceptors (Lipinski definition) is 7. The second kappa shape index (κ2) is 6.68. The Kier molecular flexibility index (Phi) is 4.11. The smallest absolute Gasteiger partial charge is 0.297 e. The van der Waals surface area contributed by atoms with E-state index in [4.69, 9.17) is 20.8 Å². The lowest BCUT2D eigenvalue weighted by Gasteiger charge is -2.22. The molecule has 0 spiro atoms. The minimum atomic E-state index is -0.698. The van der Waals surface area contributed by atoms with Crippen molar-refractivity contribution >= 4 is 44.9 Å². The number of benzene rings is 2. The number of methoxy groups -OCH3 is 1. The van der Waals surface area contributed by atoms with Crippen LogP contribution in [0.15, 0.2) is 57.2 Å². The molecule has 9 heteroatoms. The van der Waals surface area contributed by atoms with Gasteiger partial charge in [-0.2, -0.15) is 0 Å². The first-order valence-corrected chi connectivity index (χ1v) is 9.84. The van der Waals surface area contributed by atoms with Crippen LogP contribution in [0.4, 0.5) is 5.13 Å². The summed E-state index contributed by atoms with van der Waals surface area (Å²) in [4.78, 5) is 28.1. The topological polar surface area (TPSA) is 85.5 Å². The molecule has 0 saturated carbocycles. The molecule has 4 aromatic rings. The van der Waals surface area contributed by atoms with Crippen molar-refractivity contribution in [2.45, 2.75) is 6.04 Å². The summed E-state index contributed by atoms with van der Waals surface area (Å²) in [5, 5.41) is 8.99. The van der Waals surface area contributed by atoms with Gasteiger partial charge in [0, 0.05) is 5.02 Å². The van der Waals surface area contributed by atoms with E-state index < -0.39 is 11.9 Å². The summed E-state index contributed by atoms with van der Waals surface area (Å²) < 4.78 is 11.1. The SMILES string of the molecule is COc1ccc([C@H]2c3c(oc4ccc(Cl)cc4c3=O)C(=O)N2c2nncs2)cc1. The van der Waals surface area contributed by atoms with Crippen LogP contribution in [0.3, 0.4) is 0 Å². The number of ether oxygens (including phenoxy) is 1. The Labute approximate surface area is 173 Å². The number of nitrogens with zero attached hydrogens (tertiary/aromatic N) is 3. The lowest BCUT2D eigenvalue weighted by molar-refractivity contribution is 0.0970. The molecule has 2 aromatic carbocycles. The molecule has 2 aromatic heterocycles. The Morgan fingerprint density at radius 3 is 2.66 bits per heavy atom. The summed E-state index contributed by atoms with van der Waals surface area (Å²) in [5.74, 6) is 0.227. The number of amides is 1. The Morgan fingerprint density at radius 2 is 1.97 bits per heavy atom. The Balaban J connectivity index is 1.80. The van der Waals surface area contributed by atoms with Crippen LogP contribution in [-0.2, 0) is 0 Å². The zero-order chi connectivity index (χ0) is 20.1. The van der Waals surface area contributed by atoms with Crippen molar-refractivity contribution in [3.05, 3.63) is 80.1 Å². The minimum Gasteiger partial charge on any atom is -0.497 e. The van der Waals surface area contributed by atoms with Crippen LogP contribution < -0.4 is 15.1 Å². The molecule has 1 aliphatic heterocycles. The molecule has 0 aliphatic carbocycles. The van der Waals surface area contributed by atoms with Gasteiger partial charge in [0.05, 0.1) is 24.1 Å². The van der Waals surface area contributed by atoms with Crippen molar-refractivity contribution in [1.82, 2.24) is 10.2 Å². The van der Waals surface area contributed by atoms with Gasteiger partial charge in [-0.3, -0.25) is 14.5 Å². The summed E-state index contributed by atoms with van der Waals surface area (Å²) >= 11 is 7.29. The van der Waals surface area contributed by atoms with Crippen molar-refractivity contribution in [2.75, 3.05) is 12.0 Å². The van der Waals surface area contributed by atoms with Gasteiger partial charge in [0.25, 0.3) is 5.91 Å². The van der Waals surface area contributed by atoms with Gasteiger partial charge in [0.1, 0.15) is 16.8 Å². The van der Waals surface area contributed by atoms with Gasteiger partial charge < -0.3 is 9.15 Å². The van der Waals surface area contributed by atoms with Crippen molar-refractivity contribution in [3.63, 3.8) is 0 Å². The quantitative estimate of drug-likeness (QED) is 0.492. The largest absolute Gasteiger partial charge is 0.497 e. The maximum Gasteiger partial charge on any atom is 0.297 e. The van der Waals surface area contributed by atoms with E-state index in [0.29, 0.717) is 26.9 Å². The monoisotopic (exact) mass is 425 g/mol. The van der Waals surface area contributed by atoms with Crippen LogP contribution in [0, 0.1) is 0 Å². The van der Waals surface area contributed by atoms with Gasteiger partial charge in [-0.25, -0.2) is 0 Å². The first kappa shape index (κ1) is 17.8. The molecule has 0 N–H and O–H groups in total. The molecule has 7 nitrogen and oxygen atoms in total. The van der Waals surface area contributed by atoms with E-state index in [1.54, 1.807) is 37.4 Å². The lowest BCUT2D eigenvalue weighted by Crippen LogP contribution is -2.29. The van der Waals surface area contributed by atoms with E-state index in [9.17, 15) is 9.59 Å². The number of aromatic nitrogens is 2. The summed E-state index contributed by atoms with van der Waals surface area (Å²) in [6.07, 6.45) is 0. The zero-order valence-electron chi connectivity index (χ0n) is 15.0. The number of hydrogen-bond donors (Lipinski definition) is 0. The Hall–Kier alpha value is -3.23. The molecule has 29 heavy (non-hydrogen) atoms. The van der Waals surface area contributed by atoms with Crippen LogP contribution in [0.2, 0.25) is 5.02 Å². The van der Waals surface area contributed by atoms with Crippen molar-refractivity contribution in [3.8, 4) is 5.75 Å². The molecule has 0 radical (unpaired) electrons. The summed E-state index contributed by atoms with van der Waals surface area (Å²) in [6.45, 7) is 0. The molecular weight excluding hydrogens is 414 g/mol. The summed E-state index contributed by atoms with van der Waals surface area (Å²) in [5.41, 5.74) is 2.51. The second-order valence-electron chi connectivity index (χ2n) is 6.39. The fraction of sp³-hybridized carbons (Fsp3) is 0.100. The van der Waals surface area contributed by atoms with Gasteiger partial charge in [-0.1, -0.05) is 35.1 Å². The summed E-state index contributed by atoms with van der Waals surface area (Å²) in [6, 6.07) is 11.2. The first-order valence-electron chi connectivity index (χ1n) is 8.58. The number of halogens is 1. The zero-order valence-corrected chi connectivity index (χ0v) is 16.5. The fourth-order valence-electron chi connectivity index (χ4n) is 3.52. The minimum absolute atomic E-state index is 0.000778. The molecule has 144 valence electrons. The third-order valence-corrected chi connectivity index (χ3v) is 5.74. The third kappa shape index (κ3) is 2.72. The molecule has 0 fully saturated rings. The van der Waals surface area contributed by atoms with Crippen molar-refractivity contribution in [1.29, 1.82) is 0 Å². The molecule has 5 rings (SSSR count). The highest BCUT2D eigenvalue weighted by Crippen LogP contribution is 2.41. The van der Waals surface area contributed by atoms with Crippen LogP contribution in [0.25, 0.3) is 11.0 Å². The average Bonchev–Trinajstić information content (AvgIpc) is 3.35. The number of anilines is 1. The van der Waals surface area contributed by atoms with Gasteiger partial charge >= 0.3 is 0 Å². The van der Waals surface area contributed by atoms with Gasteiger partial charge in [-0.05, 0) is 35.9 Å². The molecule has 1 atom stereocenters. The standard InChI is InChI=1S/C20H12ClN3O4S/c1-27-12-5-2-10(3-6-12)16-15-17(25)13-8-11(21)4-7-14(13)28-18(15)19(26)24(16)20-23-22-9-29-20/h2-9,16H,1H3/t16-/m0/s1. The molecule has 1 aliphatic rings. The van der Waals surface area contributed by atoms with Gasteiger partial charge in [0.2, 0.25) is 10.9 Å². The third-order valence-electron chi connectivity index (χ3n) is 4.82. The van der Waals surface area contributed by atoms with Crippen LogP contribution >= 0.6 is 22.9 Å². The summed E-state index contributed by atoms with van der Waals surface area (Å²) in [7, 11) is 1.57. The molecule has 1 amide bonds. The average molecular weight is 426 g/mol. The lowest BCUT2D eigenvalue weighted by atomic mass is 9.98. The molecular formula is C20H12ClN3O4S. The van der Waals surface area contributed by atoms with E-state index in [2.05, 4.69) is 10.2 Å². The van der Waals surface area contributed by atoms with E-state index in [0.717, 1.165) is 5.56 Å². The van der Waals surface area contributed by atoms with Crippen LogP contribution in [0.5, 0.6) is 5.75 Å². The normalized spacial score (nSPS) is 15.7. The highest BCUT2D eigenvalue weighted by molar-refractivity contribution is 7.13. The van der Waals surface area contributed by atoms with E-state index in [1.165, 1.54) is 21.7 Å². The Morgan fingerprint density at radius 1 is 1.17 bits per heavy atom. The predicted octanol–water partition coefficient (Wildman–Crippen LogP) is 4.06. The van der Waals surface area contributed by atoms with Gasteiger partial charge in [-0.15, -0.1) is 10.2 Å². The number of carbonyl (C=O) groups is 1. The molecule has 3 heterocycles. The highest BCUT2D eigenvalue weighted by atomic mass is 35.5. The van der Waals surface area contributed by atoms with Crippen molar-refractivity contribution < 1.29 is 13.9 Å². The number of rotatable bonds is 3. The molecule has 0 saturated heterocycles. The highest BCUT2D eigenvalue weighted by Gasteiger charge is 2.44. The Bertz CT molecular complexity index is 1300. The maximum absolute atomic E-state index is 13.4. The molecule has 0 unspecified atom stereocenters. The van der Waals surface area contributed by atoms with E-state index in [1.807, 2.05) is 12.1 Å². The molecule has 0 bridgehead atoms.